The van der Waals surface area contributed by atoms with Crippen molar-refractivity contribution in [2.45, 2.75) is 31.0 Å². The number of carbonyl (C=O) groups is 1. The monoisotopic (exact) mass is 338 g/mol. The lowest BCUT2D eigenvalue weighted by atomic mass is 10.1. The Labute approximate surface area is 135 Å². The van der Waals surface area contributed by atoms with Gasteiger partial charge in [-0.3, -0.25) is 4.57 Å². The quantitative estimate of drug-likeness (QED) is 0.426. The third kappa shape index (κ3) is 2.89. The molecule has 1 aliphatic heterocycles. The van der Waals surface area contributed by atoms with Crippen LogP contribution in [0.3, 0.4) is 0 Å². The first-order valence-corrected chi connectivity index (χ1v) is 7.26. The molecule has 24 heavy (non-hydrogen) atoms. The Morgan fingerprint density at radius 1 is 1.33 bits per heavy atom. The number of aromatic nitrogens is 4. The summed E-state index contributed by atoms with van der Waals surface area (Å²) in [4.78, 5) is 22.7. The molecule has 0 aromatic carbocycles. The number of hydrogen-bond donors (Lipinski definition) is 4. The molecular formula is C13H16N5O6-. The predicted octanol–water partition coefficient (Wildman–Crippen LogP) is -3.01. The van der Waals surface area contributed by atoms with Crippen molar-refractivity contribution in [3.8, 4) is 0 Å². The number of fused-ring (bicyclic) bond motifs is 1. The molecule has 4 atom stereocenters. The molecule has 0 unspecified atom stereocenters. The summed E-state index contributed by atoms with van der Waals surface area (Å²) in [6.07, 6.45) is -1.95. The Morgan fingerprint density at radius 2 is 2.12 bits per heavy atom. The molecule has 130 valence electrons. The van der Waals surface area contributed by atoms with E-state index in [1.165, 1.54) is 17.2 Å². The van der Waals surface area contributed by atoms with Crippen molar-refractivity contribution in [3.63, 3.8) is 0 Å². The van der Waals surface area contributed by atoms with Crippen molar-refractivity contribution >= 4 is 23.0 Å². The molecule has 2 aromatic heterocycles. The zero-order valence-corrected chi connectivity index (χ0v) is 12.4. The average molecular weight is 338 g/mol. The van der Waals surface area contributed by atoms with Gasteiger partial charge >= 0.3 is 0 Å². The molecule has 0 bridgehead atoms. The van der Waals surface area contributed by atoms with E-state index < -0.39 is 37.1 Å². The van der Waals surface area contributed by atoms with Gasteiger partial charge < -0.3 is 35.3 Å². The maximum Gasteiger partial charge on any atom is 0.167 e. The van der Waals surface area contributed by atoms with E-state index >= 15 is 0 Å². The minimum atomic E-state index is -1.26. The summed E-state index contributed by atoms with van der Waals surface area (Å²) in [5, 5.41) is 42.4. The van der Waals surface area contributed by atoms with E-state index in [-0.39, 0.29) is 13.0 Å². The van der Waals surface area contributed by atoms with Gasteiger partial charge in [0.05, 0.1) is 12.9 Å². The number of rotatable bonds is 6. The third-order valence-electron chi connectivity index (χ3n) is 3.77. The van der Waals surface area contributed by atoms with Gasteiger partial charge in [0, 0.05) is 18.9 Å². The molecular weight excluding hydrogens is 322 g/mol. The number of hydrogen-bond acceptors (Lipinski definition) is 10. The van der Waals surface area contributed by atoms with Crippen LogP contribution in [0.15, 0.2) is 12.7 Å². The summed E-state index contributed by atoms with van der Waals surface area (Å²) in [6, 6.07) is 0. The number of carboxylic acid groups (broad SMARTS) is 1. The van der Waals surface area contributed by atoms with Crippen LogP contribution in [-0.2, 0) is 9.53 Å². The van der Waals surface area contributed by atoms with Crippen LogP contribution in [0.5, 0.6) is 0 Å². The second-order valence-electron chi connectivity index (χ2n) is 5.32. The van der Waals surface area contributed by atoms with Crippen LogP contribution in [0.2, 0.25) is 0 Å². The van der Waals surface area contributed by atoms with Gasteiger partial charge in [-0.25, -0.2) is 15.0 Å². The van der Waals surface area contributed by atoms with E-state index in [2.05, 4.69) is 20.3 Å². The fourth-order valence-corrected chi connectivity index (χ4v) is 2.56. The van der Waals surface area contributed by atoms with Crippen molar-refractivity contribution in [2.24, 2.45) is 0 Å². The summed E-state index contributed by atoms with van der Waals surface area (Å²) in [6.45, 7) is -0.332. The highest BCUT2D eigenvalue weighted by atomic mass is 16.6. The first-order valence-electron chi connectivity index (χ1n) is 7.26. The van der Waals surface area contributed by atoms with Gasteiger partial charge in [0.25, 0.3) is 0 Å². The number of aliphatic carboxylic acids is 1. The molecule has 0 radical (unpaired) electrons. The number of carbonyl (C=O) groups excluding carboxylic acids is 1. The summed E-state index contributed by atoms with van der Waals surface area (Å²) in [5.41, 5.74) is 0.685. The highest BCUT2D eigenvalue weighted by Crippen LogP contribution is 2.31. The number of carboxylic acids is 1. The van der Waals surface area contributed by atoms with E-state index in [4.69, 9.17) is 9.84 Å². The lowest BCUT2D eigenvalue weighted by Crippen LogP contribution is -2.33. The Hall–Kier alpha value is -2.34. The van der Waals surface area contributed by atoms with Crippen LogP contribution in [0.4, 0.5) is 5.82 Å². The number of ether oxygens (including phenoxy) is 1. The normalized spacial score (nSPS) is 26.8. The number of aliphatic hydroxyl groups excluding tert-OH is 3. The highest BCUT2D eigenvalue weighted by Gasteiger charge is 2.44. The molecule has 1 aliphatic rings. The second kappa shape index (κ2) is 6.65. The van der Waals surface area contributed by atoms with Gasteiger partial charge in [0.2, 0.25) is 0 Å². The maximum absolute atomic E-state index is 10.5. The molecule has 0 spiro atoms. The number of anilines is 1. The van der Waals surface area contributed by atoms with Crippen LogP contribution in [0, 0.1) is 0 Å². The van der Waals surface area contributed by atoms with Crippen LogP contribution in [-0.4, -0.2) is 72.3 Å². The summed E-state index contributed by atoms with van der Waals surface area (Å²) in [7, 11) is 0. The van der Waals surface area contributed by atoms with E-state index in [0.29, 0.717) is 17.0 Å². The average Bonchev–Trinajstić information content (AvgIpc) is 3.10. The lowest BCUT2D eigenvalue weighted by Gasteiger charge is -2.16. The zero-order chi connectivity index (χ0) is 17.3. The van der Waals surface area contributed by atoms with Crippen LogP contribution in [0.1, 0.15) is 12.6 Å². The molecule has 0 amide bonds. The van der Waals surface area contributed by atoms with Crippen molar-refractivity contribution in [2.75, 3.05) is 18.5 Å². The SMILES string of the molecule is O=C([O-])CCNc1ncnc2c1ncn2[C@H]1O[C@@H](CO)[C@@H](O)[C@H]1O. The van der Waals surface area contributed by atoms with Crippen molar-refractivity contribution < 1.29 is 30.0 Å². The fraction of sp³-hybridized carbons (Fsp3) is 0.538. The van der Waals surface area contributed by atoms with Crippen molar-refractivity contribution in [3.05, 3.63) is 12.7 Å². The number of imidazole rings is 1. The van der Waals surface area contributed by atoms with Crippen LogP contribution >= 0.6 is 0 Å². The fourth-order valence-electron chi connectivity index (χ4n) is 2.56. The molecule has 3 rings (SSSR count). The van der Waals surface area contributed by atoms with E-state index in [1.807, 2.05) is 0 Å². The minimum Gasteiger partial charge on any atom is -0.550 e. The topological polar surface area (TPSA) is 166 Å². The molecule has 0 saturated carbocycles. The van der Waals surface area contributed by atoms with E-state index in [9.17, 15) is 20.1 Å². The van der Waals surface area contributed by atoms with Gasteiger partial charge in [-0.15, -0.1) is 0 Å². The molecule has 4 N–H and O–H groups in total. The first kappa shape index (κ1) is 16.5. The smallest absolute Gasteiger partial charge is 0.167 e. The minimum absolute atomic E-state index is 0.106. The number of nitrogens with zero attached hydrogens (tertiary/aromatic N) is 4. The Bertz CT molecular complexity index is 737. The van der Waals surface area contributed by atoms with Gasteiger partial charge in [0.1, 0.15) is 24.6 Å². The Kier molecular flexibility index (Phi) is 4.57. The van der Waals surface area contributed by atoms with E-state index in [0.717, 1.165) is 0 Å². The summed E-state index contributed by atoms with van der Waals surface area (Å²) in [5.74, 6) is -0.864. The largest absolute Gasteiger partial charge is 0.550 e. The molecule has 0 aliphatic carbocycles. The second-order valence-corrected chi connectivity index (χ2v) is 5.32. The van der Waals surface area contributed by atoms with Crippen molar-refractivity contribution in [1.82, 2.24) is 19.5 Å². The number of nitrogens with one attached hydrogen (secondary N) is 1. The highest BCUT2D eigenvalue weighted by molar-refractivity contribution is 5.82. The maximum atomic E-state index is 10.5. The Morgan fingerprint density at radius 3 is 2.79 bits per heavy atom. The van der Waals surface area contributed by atoms with Crippen LogP contribution < -0.4 is 10.4 Å². The molecule has 2 aromatic rings. The lowest BCUT2D eigenvalue weighted by molar-refractivity contribution is -0.305. The third-order valence-corrected chi connectivity index (χ3v) is 3.77. The first-order chi connectivity index (χ1) is 11.5. The summed E-state index contributed by atoms with van der Waals surface area (Å²) >= 11 is 0. The standard InChI is InChI=1S/C13H17N5O6/c19-3-6-9(22)10(23)13(24-6)18-5-17-8-11(14-2-1-7(20)21)15-4-16-12(8)18/h4-6,9-10,13,19,22-23H,1-3H2,(H,20,21)(H,14,15,16)/p-1/t6-,9+,10+,13-/m0/s1. The van der Waals surface area contributed by atoms with Gasteiger partial charge in [-0.05, 0) is 0 Å². The van der Waals surface area contributed by atoms with Crippen molar-refractivity contribution in [1.29, 1.82) is 0 Å². The van der Waals surface area contributed by atoms with Gasteiger partial charge in [0.15, 0.2) is 23.2 Å². The van der Waals surface area contributed by atoms with Gasteiger partial charge in [-0.2, -0.15) is 0 Å². The molecule has 1 saturated heterocycles. The molecule has 1 fully saturated rings. The van der Waals surface area contributed by atoms with E-state index in [1.54, 1.807) is 0 Å². The Balaban J connectivity index is 1.87. The molecule has 3 heterocycles. The van der Waals surface area contributed by atoms with Crippen LogP contribution in [0.25, 0.3) is 11.2 Å². The van der Waals surface area contributed by atoms with Gasteiger partial charge in [-0.1, -0.05) is 0 Å². The summed E-state index contributed by atoms with van der Waals surface area (Å²) < 4.78 is 6.87. The predicted molar refractivity (Wildman–Crippen MR) is 76.4 cm³/mol. The molecule has 11 heteroatoms. The number of aliphatic hydroxyl groups is 3. The molecule has 11 nitrogen and oxygen atoms in total. The zero-order valence-electron chi connectivity index (χ0n) is 12.4.